The molecule has 2 bridgehead atoms. The fourth-order valence-corrected chi connectivity index (χ4v) is 2.60. The van der Waals surface area contributed by atoms with Crippen LogP contribution in [0.2, 0.25) is 0 Å². The predicted molar refractivity (Wildman–Crippen MR) is 86.6 cm³/mol. The molecule has 0 aromatic heterocycles. The Morgan fingerprint density at radius 3 is 2.04 bits per heavy atom. The van der Waals surface area contributed by atoms with Gasteiger partial charge in [0.1, 0.15) is 18.8 Å². The fraction of sp³-hybridized carbons (Fsp3) is 0.647. The number of carboxylic acids is 1. The topological polar surface area (TPSA) is 101 Å². The first-order chi connectivity index (χ1) is 13.3. The normalized spacial score (nSPS) is 20.8. The molecular formula is C17H21F3O8. The highest BCUT2D eigenvalue weighted by atomic mass is 19.4. The van der Waals surface area contributed by atoms with Crippen LogP contribution in [0.25, 0.3) is 0 Å². The summed E-state index contributed by atoms with van der Waals surface area (Å²) in [6.07, 6.45) is -4.35. The minimum Gasteiger partial charge on any atom is -0.481 e. The van der Waals surface area contributed by atoms with Crippen LogP contribution in [0, 0.1) is 0 Å². The molecule has 2 unspecified atom stereocenters. The monoisotopic (exact) mass is 410 g/mol. The maximum atomic E-state index is 13.1. The van der Waals surface area contributed by atoms with Crippen LogP contribution in [0.3, 0.4) is 0 Å². The molecular weight excluding hydrogens is 389 g/mol. The zero-order valence-corrected chi connectivity index (χ0v) is 14.9. The molecule has 2 heterocycles. The molecule has 0 radical (unpaired) electrons. The van der Waals surface area contributed by atoms with E-state index in [4.69, 9.17) is 28.8 Å². The third-order valence-electron chi connectivity index (χ3n) is 3.80. The van der Waals surface area contributed by atoms with Crippen LogP contribution in [0.4, 0.5) is 13.2 Å². The maximum Gasteiger partial charge on any atom is 0.416 e. The van der Waals surface area contributed by atoms with E-state index in [2.05, 4.69) is 0 Å². The van der Waals surface area contributed by atoms with Gasteiger partial charge in [0, 0.05) is 0 Å². The number of ether oxygens (including phenoxy) is 5. The Morgan fingerprint density at radius 1 is 0.929 bits per heavy atom. The average molecular weight is 410 g/mol. The average Bonchev–Trinajstić information content (AvgIpc) is 3.23. The van der Waals surface area contributed by atoms with Gasteiger partial charge >= 0.3 is 18.1 Å². The van der Waals surface area contributed by atoms with Crippen LogP contribution in [0.15, 0.2) is 23.3 Å². The summed E-state index contributed by atoms with van der Waals surface area (Å²) in [6.45, 7) is 0.857. The third kappa shape index (κ3) is 6.59. The van der Waals surface area contributed by atoms with Gasteiger partial charge < -0.3 is 28.8 Å². The summed E-state index contributed by atoms with van der Waals surface area (Å²) in [7, 11) is 0. The predicted octanol–water partition coefficient (Wildman–Crippen LogP) is 1.25. The Morgan fingerprint density at radius 2 is 1.46 bits per heavy atom. The van der Waals surface area contributed by atoms with Crippen LogP contribution < -0.4 is 0 Å². The maximum absolute atomic E-state index is 13.1. The zero-order chi connectivity index (χ0) is 20.6. The third-order valence-corrected chi connectivity index (χ3v) is 3.80. The summed E-state index contributed by atoms with van der Waals surface area (Å²) in [5.74, 6) is -2.01. The second-order valence-corrected chi connectivity index (χ2v) is 5.80. The van der Waals surface area contributed by atoms with Crippen molar-refractivity contribution in [1.82, 2.24) is 0 Å². The number of carbonyl (C=O) groups is 2. The van der Waals surface area contributed by atoms with Crippen molar-refractivity contribution < 1.29 is 51.6 Å². The Balaban J connectivity index is 1.54. The van der Waals surface area contributed by atoms with E-state index < -0.39 is 41.5 Å². The van der Waals surface area contributed by atoms with E-state index in [-0.39, 0.29) is 52.7 Å². The van der Waals surface area contributed by atoms with Crippen molar-refractivity contribution in [3.63, 3.8) is 0 Å². The quantitative estimate of drug-likeness (QED) is 0.275. The Kier molecular flexibility index (Phi) is 8.42. The SMILES string of the molecule is O=C(O)CCOCCOCCOCCOC(=O)C1=C(C(F)(F)F)C2C=CC1O2. The van der Waals surface area contributed by atoms with Crippen molar-refractivity contribution in [2.75, 3.05) is 46.2 Å². The van der Waals surface area contributed by atoms with Crippen molar-refractivity contribution >= 4 is 11.9 Å². The number of halogens is 3. The lowest BCUT2D eigenvalue weighted by molar-refractivity contribution is -0.142. The molecule has 0 amide bonds. The largest absolute Gasteiger partial charge is 0.481 e. The number of rotatable bonds is 13. The number of carbonyl (C=O) groups excluding carboxylic acids is 1. The van der Waals surface area contributed by atoms with E-state index in [9.17, 15) is 22.8 Å². The van der Waals surface area contributed by atoms with Crippen LogP contribution in [-0.2, 0) is 33.3 Å². The first-order valence-corrected chi connectivity index (χ1v) is 8.58. The van der Waals surface area contributed by atoms with Gasteiger partial charge in [-0.25, -0.2) is 4.79 Å². The lowest BCUT2D eigenvalue weighted by Crippen LogP contribution is -2.26. The van der Waals surface area contributed by atoms with Crippen molar-refractivity contribution in [3.8, 4) is 0 Å². The molecule has 0 saturated carbocycles. The molecule has 0 aromatic rings. The van der Waals surface area contributed by atoms with E-state index in [1.807, 2.05) is 0 Å². The lowest BCUT2D eigenvalue weighted by Gasteiger charge is -2.15. The zero-order valence-electron chi connectivity index (χ0n) is 14.9. The standard InChI is InChI=1S/C17H21F3O8/c18-17(19,20)15-12-2-1-11(28-12)14(15)16(23)27-10-9-26-8-7-25-6-5-24-4-3-13(21)22/h1-2,11-12H,3-10H2,(H,21,22). The number of aliphatic carboxylic acids is 1. The fourth-order valence-electron chi connectivity index (χ4n) is 2.60. The molecule has 2 aliphatic rings. The van der Waals surface area contributed by atoms with Gasteiger partial charge in [-0.3, -0.25) is 4.79 Å². The summed E-state index contributed by atoms with van der Waals surface area (Å²) in [4.78, 5) is 22.2. The summed E-state index contributed by atoms with van der Waals surface area (Å²) in [5.41, 5.74) is -1.52. The van der Waals surface area contributed by atoms with Gasteiger partial charge in [0.05, 0.1) is 57.2 Å². The smallest absolute Gasteiger partial charge is 0.416 e. The molecule has 2 atom stereocenters. The number of fused-ring (bicyclic) bond motifs is 2. The van der Waals surface area contributed by atoms with Crippen molar-refractivity contribution in [1.29, 1.82) is 0 Å². The molecule has 158 valence electrons. The summed E-state index contributed by atoms with van der Waals surface area (Å²) >= 11 is 0. The Bertz CT molecular complexity index is 614. The summed E-state index contributed by atoms with van der Waals surface area (Å²) in [5, 5.41) is 8.41. The second-order valence-electron chi connectivity index (χ2n) is 5.80. The number of alkyl halides is 3. The number of carboxylic acid groups (broad SMARTS) is 1. The first-order valence-electron chi connectivity index (χ1n) is 8.58. The molecule has 0 fully saturated rings. The number of hydrogen-bond acceptors (Lipinski definition) is 7. The van der Waals surface area contributed by atoms with Gasteiger partial charge in [-0.2, -0.15) is 13.2 Å². The molecule has 11 heteroatoms. The minimum absolute atomic E-state index is 0.00361. The molecule has 2 rings (SSSR count). The van der Waals surface area contributed by atoms with Crippen molar-refractivity contribution in [2.45, 2.75) is 24.8 Å². The van der Waals surface area contributed by atoms with E-state index in [0.29, 0.717) is 0 Å². The number of hydrogen-bond donors (Lipinski definition) is 1. The molecule has 0 aliphatic carbocycles. The van der Waals surface area contributed by atoms with Crippen molar-refractivity contribution in [3.05, 3.63) is 23.3 Å². The van der Waals surface area contributed by atoms with E-state index in [1.54, 1.807) is 0 Å². The summed E-state index contributed by atoms with van der Waals surface area (Å²) in [6, 6.07) is 0. The number of esters is 1. The van der Waals surface area contributed by atoms with Gasteiger partial charge in [0.15, 0.2) is 0 Å². The second kappa shape index (κ2) is 10.6. The molecule has 0 saturated heterocycles. The molecule has 0 spiro atoms. The summed E-state index contributed by atoms with van der Waals surface area (Å²) < 4.78 is 64.5. The molecule has 0 aromatic carbocycles. The molecule has 8 nitrogen and oxygen atoms in total. The minimum atomic E-state index is -4.66. The van der Waals surface area contributed by atoms with Crippen molar-refractivity contribution in [2.24, 2.45) is 0 Å². The first kappa shape index (κ1) is 22.3. The lowest BCUT2D eigenvalue weighted by atomic mass is 9.96. The van der Waals surface area contributed by atoms with E-state index in [0.717, 1.165) is 0 Å². The van der Waals surface area contributed by atoms with Crippen LogP contribution >= 0.6 is 0 Å². The van der Waals surface area contributed by atoms with Crippen LogP contribution in [0.1, 0.15) is 6.42 Å². The van der Waals surface area contributed by atoms with Gasteiger partial charge in [-0.15, -0.1) is 0 Å². The van der Waals surface area contributed by atoms with E-state index in [1.165, 1.54) is 12.2 Å². The molecule has 28 heavy (non-hydrogen) atoms. The highest BCUT2D eigenvalue weighted by molar-refractivity contribution is 5.93. The van der Waals surface area contributed by atoms with Gasteiger partial charge in [-0.05, 0) is 0 Å². The molecule has 2 aliphatic heterocycles. The molecule has 1 N–H and O–H groups in total. The van der Waals surface area contributed by atoms with E-state index >= 15 is 0 Å². The Hall–Kier alpha value is -1.95. The van der Waals surface area contributed by atoms with Gasteiger partial charge in [0.2, 0.25) is 0 Å². The highest BCUT2D eigenvalue weighted by Crippen LogP contribution is 2.43. The van der Waals surface area contributed by atoms with Gasteiger partial charge in [-0.1, -0.05) is 12.2 Å². The van der Waals surface area contributed by atoms with Crippen LogP contribution in [0.5, 0.6) is 0 Å². The van der Waals surface area contributed by atoms with Crippen LogP contribution in [-0.4, -0.2) is 81.7 Å². The highest BCUT2D eigenvalue weighted by Gasteiger charge is 2.51. The Labute approximate surface area is 158 Å². The van der Waals surface area contributed by atoms with Gasteiger partial charge in [0.25, 0.3) is 0 Å².